The Bertz CT molecular complexity index is 1620. The van der Waals surface area contributed by atoms with Crippen LogP contribution in [0.5, 0.6) is 5.75 Å². The largest absolute Gasteiger partial charge is 0.490 e. The molecule has 6 rings (SSSR count). The number of carbonyl (C=O) groups is 2. The number of methoxy groups -OCH3 is 2. The standard InChI is InChI=1S/C33H40ClN3O7S/c1-21-31(38)35-45(40,41)25-10-13-30-28(17-25)36(19-33(20-44-30)14-4-6-22-16-24(34)9-12-27(22)33)18-23-8-11-26(23)29(42-2)7-5-15-37(21)32(39)43-3/h5,7,9-10,12-13,16-17,21,23,26,29H,4,6,8,11,14-15,18-20H2,1-3H3,(H,35,38)/b7-5-/t21-,23+,26-,29-,33+/m1/s1. The summed E-state index contributed by atoms with van der Waals surface area (Å²) >= 11 is 6.40. The summed E-state index contributed by atoms with van der Waals surface area (Å²) in [4.78, 5) is 29.2. The number of halogens is 1. The van der Waals surface area contributed by atoms with E-state index in [0.717, 1.165) is 32.1 Å². The van der Waals surface area contributed by atoms with Crippen molar-refractivity contribution in [3.8, 4) is 5.75 Å². The predicted molar refractivity (Wildman–Crippen MR) is 170 cm³/mol. The third-order valence-corrected chi connectivity index (χ3v) is 11.6. The van der Waals surface area contributed by atoms with Crippen LogP contribution >= 0.6 is 11.6 Å². The minimum Gasteiger partial charge on any atom is -0.490 e. The van der Waals surface area contributed by atoms with Gasteiger partial charge in [-0.3, -0.25) is 9.69 Å². The van der Waals surface area contributed by atoms with E-state index in [0.29, 0.717) is 36.2 Å². The van der Waals surface area contributed by atoms with Gasteiger partial charge in [-0.1, -0.05) is 29.8 Å². The first-order valence-electron chi connectivity index (χ1n) is 15.5. The van der Waals surface area contributed by atoms with Crippen LogP contribution in [-0.2, 0) is 36.1 Å². The number of sulfonamides is 1. The van der Waals surface area contributed by atoms with Crippen molar-refractivity contribution in [2.75, 3.05) is 45.4 Å². The summed E-state index contributed by atoms with van der Waals surface area (Å²) in [5.74, 6) is 0.255. The number of amides is 2. The maximum Gasteiger partial charge on any atom is 0.410 e. The van der Waals surface area contributed by atoms with Gasteiger partial charge in [0.15, 0.2) is 0 Å². The van der Waals surface area contributed by atoms with Gasteiger partial charge in [0, 0.05) is 37.2 Å². The molecule has 1 saturated carbocycles. The van der Waals surface area contributed by atoms with Crippen LogP contribution in [0.2, 0.25) is 5.02 Å². The Hall–Kier alpha value is -3.28. The third-order valence-electron chi connectivity index (χ3n) is 10.1. The van der Waals surface area contributed by atoms with Gasteiger partial charge in [-0.2, -0.15) is 0 Å². The lowest BCUT2D eigenvalue weighted by Crippen LogP contribution is -2.50. The number of benzene rings is 2. The van der Waals surface area contributed by atoms with E-state index >= 15 is 0 Å². The Morgan fingerprint density at radius 3 is 2.71 bits per heavy atom. The normalized spacial score (nSPS) is 30.1. The van der Waals surface area contributed by atoms with E-state index in [2.05, 4.69) is 21.8 Å². The molecule has 0 radical (unpaired) electrons. The van der Waals surface area contributed by atoms with Crippen LogP contribution in [0, 0.1) is 11.8 Å². The van der Waals surface area contributed by atoms with Crippen LogP contribution in [0.15, 0.2) is 53.4 Å². The molecule has 45 heavy (non-hydrogen) atoms. The van der Waals surface area contributed by atoms with Crippen molar-refractivity contribution in [2.45, 2.75) is 61.5 Å². The van der Waals surface area contributed by atoms with Gasteiger partial charge in [0.05, 0.1) is 30.4 Å². The van der Waals surface area contributed by atoms with Gasteiger partial charge in [-0.15, -0.1) is 0 Å². The van der Waals surface area contributed by atoms with Gasteiger partial charge in [-0.25, -0.2) is 17.9 Å². The number of hydrogen-bond donors (Lipinski definition) is 1. The molecule has 1 N–H and O–H groups in total. The summed E-state index contributed by atoms with van der Waals surface area (Å²) in [7, 11) is -1.38. The van der Waals surface area contributed by atoms with E-state index in [1.54, 1.807) is 25.3 Å². The molecule has 12 heteroatoms. The van der Waals surface area contributed by atoms with E-state index in [-0.39, 0.29) is 34.8 Å². The van der Waals surface area contributed by atoms with Gasteiger partial charge in [0.1, 0.15) is 11.8 Å². The summed E-state index contributed by atoms with van der Waals surface area (Å²) in [6, 6.07) is 9.73. The van der Waals surface area contributed by atoms with Crippen LogP contribution in [-0.4, -0.2) is 77.9 Å². The molecule has 0 aromatic heterocycles. The number of fused-ring (bicyclic) bond motifs is 4. The van der Waals surface area contributed by atoms with Crippen molar-refractivity contribution < 1.29 is 32.2 Å². The van der Waals surface area contributed by atoms with Gasteiger partial charge in [0.25, 0.3) is 15.9 Å². The van der Waals surface area contributed by atoms with Crippen LogP contribution in [0.25, 0.3) is 0 Å². The number of rotatable bonds is 1. The molecule has 2 heterocycles. The second kappa shape index (κ2) is 12.5. The lowest BCUT2D eigenvalue weighted by Gasteiger charge is -2.46. The number of hydrogen-bond acceptors (Lipinski definition) is 8. The molecule has 2 aliphatic heterocycles. The van der Waals surface area contributed by atoms with Crippen molar-refractivity contribution in [3.63, 3.8) is 0 Å². The summed E-state index contributed by atoms with van der Waals surface area (Å²) in [6.45, 7) is 3.29. The molecule has 0 saturated heterocycles. The second-order valence-corrected chi connectivity index (χ2v) is 14.8. The quantitative estimate of drug-likeness (QED) is 0.440. The zero-order chi connectivity index (χ0) is 31.9. The van der Waals surface area contributed by atoms with Gasteiger partial charge in [0.2, 0.25) is 0 Å². The minimum atomic E-state index is -4.28. The average molecular weight is 658 g/mol. The predicted octanol–water partition coefficient (Wildman–Crippen LogP) is 4.69. The minimum absolute atomic E-state index is 0.0484. The molecule has 10 nitrogen and oxygen atoms in total. The van der Waals surface area contributed by atoms with E-state index in [1.165, 1.54) is 36.1 Å². The van der Waals surface area contributed by atoms with Gasteiger partial charge in [-0.05, 0) is 92.3 Å². The molecule has 242 valence electrons. The van der Waals surface area contributed by atoms with Crippen molar-refractivity contribution in [2.24, 2.45) is 11.8 Å². The first kappa shape index (κ1) is 31.7. The van der Waals surface area contributed by atoms with E-state index in [9.17, 15) is 18.0 Å². The molecule has 0 unspecified atom stereocenters. The molecule has 2 aliphatic carbocycles. The molecule has 5 atom stereocenters. The Morgan fingerprint density at radius 2 is 1.98 bits per heavy atom. The van der Waals surface area contributed by atoms with Crippen LogP contribution in [0.4, 0.5) is 10.5 Å². The Labute approximate surface area is 269 Å². The van der Waals surface area contributed by atoms with Gasteiger partial charge >= 0.3 is 6.09 Å². The Balaban J connectivity index is 1.43. The molecule has 2 amide bonds. The van der Waals surface area contributed by atoms with Gasteiger partial charge < -0.3 is 19.1 Å². The average Bonchev–Trinajstić information content (AvgIpc) is 3.16. The van der Waals surface area contributed by atoms with Crippen molar-refractivity contribution in [1.82, 2.24) is 9.62 Å². The highest BCUT2D eigenvalue weighted by Crippen LogP contribution is 2.47. The zero-order valence-electron chi connectivity index (χ0n) is 25.8. The number of anilines is 1. The molecule has 1 spiro atoms. The summed E-state index contributed by atoms with van der Waals surface area (Å²) < 4.78 is 46.7. The van der Waals surface area contributed by atoms with E-state index < -0.39 is 28.1 Å². The highest BCUT2D eigenvalue weighted by molar-refractivity contribution is 7.90. The number of nitrogens with one attached hydrogen (secondary N) is 1. The highest BCUT2D eigenvalue weighted by Gasteiger charge is 2.44. The maximum absolute atomic E-state index is 13.6. The molecular formula is C33H40ClN3O7S. The summed E-state index contributed by atoms with van der Waals surface area (Å²) in [6.07, 6.45) is 7.63. The topological polar surface area (TPSA) is 114 Å². The van der Waals surface area contributed by atoms with Crippen LogP contribution < -0.4 is 14.4 Å². The number of aryl methyl sites for hydroxylation is 1. The fourth-order valence-corrected chi connectivity index (χ4v) is 8.69. The van der Waals surface area contributed by atoms with Crippen LogP contribution in [0.3, 0.4) is 0 Å². The summed E-state index contributed by atoms with van der Waals surface area (Å²) in [5.41, 5.74) is 2.82. The molecular weight excluding hydrogens is 618 g/mol. The monoisotopic (exact) mass is 657 g/mol. The van der Waals surface area contributed by atoms with E-state index in [1.807, 2.05) is 12.1 Å². The summed E-state index contributed by atoms with van der Waals surface area (Å²) in [5, 5.41) is 0.713. The fourth-order valence-electron chi connectivity index (χ4n) is 7.43. The molecule has 1 fully saturated rings. The van der Waals surface area contributed by atoms with E-state index in [4.69, 9.17) is 25.8 Å². The number of nitrogens with zero attached hydrogens (tertiary/aromatic N) is 2. The van der Waals surface area contributed by atoms with Crippen molar-refractivity contribution in [3.05, 3.63) is 64.7 Å². The molecule has 4 aliphatic rings. The van der Waals surface area contributed by atoms with Crippen molar-refractivity contribution >= 4 is 39.3 Å². The van der Waals surface area contributed by atoms with Crippen LogP contribution in [0.1, 0.15) is 43.7 Å². The maximum atomic E-state index is 13.6. The smallest absolute Gasteiger partial charge is 0.410 e. The number of carbonyl (C=O) groups excluding carboxylic acids is 2. The molecule has 2 aromatic rings. The SMILES string of the molecule is COC(=O)N1C/C=C\[C@@H](OC)[C@@H]2CC[C@H]2CN2C[C@@]3(CCCc4cc(Cl)ccc43)COc3ccc(cc32)S(=O)(=O)NC(=O)[C@H]1C. The molecule has 2 bridgehead atoms. The second-order valence-electron chi connectivity index (χ2n) is 12.6. The Morgan fingerprint density at radius 1 is 1.16 bits per heavy atom. The first-order valence-corrected chi connectivity index (χ1v) is 17.3. The lowest BCUT2D eigenvalue weighted by molar-refractivity contribution is -0.123. The third kappa shape index (κ3) is 6.02. The highest BCUT2D eigenvalue weighted by atomic mass is 35.5. The molecule has 2 aromatic carbocycles. The zero-order valence-corrected chi connectivity index (χ0v) is 27.4. The number of ether oxygens (including phenoxy) is 3. The Kier molecular flexibility index (Phi) is 8.80. The fraction of sp³-hybridized carbons (Fsp3) is 0.515. The van der Waals surface area contributed by atoms with Crippen molar-refractivity contribution in [1.29, 1.82) is 0 Å². The lowest BCUT2D eigenvalue weighted by atomic mass is 9.68. The first-order chi connectivity index (χ1) is 21.5.